The second kappa shape index (κ2) is 6.72. The van der Waals surface area contributed by atoms with E-state index in [1.54, 1.807) is 18.4 Å². The molecule has 134 valence electrons. The molecule has 1 aliphatic heterocycles. The minimum Gasteiger partial charge on any atom is -0.384 e. The first-order valence-electron chi connectivity index (χ1n) is 8.55. The number of hydrogen-bond acceptors (Lipinski definition) is 8. The molecule has 0 spiro atoms. The van der Waals surface area contributed by atoms with Gasteiger partial charge in [-0.15, -0.1) is 0 Å². The third-order valence-electron chi connectivity index (χ3n) is 4.58. The van der Waals surface area contributed by atoms with E-state index in [4.69, 9.17) is 14.2 Å². The summed E-state index contributed by atoms with van der Waals surface area (Å²) in [5.41, 5.74) is 1.96. The van der Waals surface area contributed by atoms with Gasteiger partial charge in [0.05, 0.1) is 17.0 Å². The van der Waals surface area contributed by atoms with E-state index in [9.17, 15) is 0 Å². The van der Waals surface area contributed by atoms with Crippen molar-refractivity contribution in [2.45, 2.75) is 38.6 Å². The van der Waals surface area contributed by atoms with E-state index < -0.39 is 0 Å². The maximum Gasteiger partial charge on any atom is 0.249 e. The Balaban J connectivity index is 1.63. The monoisotopic (exact) mass is 362 g/mol. The summed E-state index contributed by atoms with van der Waals surface area (Å²) < 4.78 is 13.6. The topological polar surface area (TPSA) is 82.1 Å². The summed E-state index contributed by atoms with van der Waals surface area (Å²) in [5.74, 6) is 1.38. The lowest BCUT2D eigenvalue weighted by Crippen LogP contribution is -2.33. The van der Waals surface area contributed by atoms with Gasteiger partial charge in [0, 0.05) is 27.1 Å². The van der Waals surface area contributed by atoms with Crippen LogP contribution in [0.5, 0.6) is 0 Å². The van der Waals surface area contributed by atoms with Crippen LogP contribution in [-0.2, 0) is 18.2 Å². The van der Waals surface area contributed by atoms with E-state index in [1.165, 1.54) is 0 Å². The summed E-state index contributed by atoms with van der Waals surface area (Å²) in [6.07, 6.45) is 3.97. The van der Waals surface area contributed by atoms with Gasteiger partial charge in [0.25, 0.3) is 0 Å². The van der Waals surface area contributed by atoms with Gasteiger partial charge in [0.2, 0.25) is 5.89 Å². The lowest BCUT2D eigenvalue weighted by molar-refractivity contribution is 0.199. The number of anilines is 1. The molecule has 1 fully saturated rings. The SMILES string of the molecule is COCCc1noc(C2CCCCN2c2nc3c(s2)c(C)nn3C)n1. The van der Waals surface area contributed by atoms with Gasteiger partial charge in [-0.05, 0) is 26.2 Å². The molecule has 4 heterocycles. The highest BCUT2D eigenvalue weighted by molar-refractivity contribution is 7.22. The number of nitrogens with zero attached hydrogens (tertiary/aromatic N) is 6. The van der Waals surface area contributed by atoms with Crippen molar-refractivity contribution in [1.82, 2.24) is 24.9 Å². The van der Waals surface area contributed by atoms with E-state index >= 15 is 0 Å². The first kappa shape index (κ1) is 16.5. The van der Waals surface area contributed by atoms with Gasteiger partial charge in [-0.25, -0.2) is 9.67 Å². The molecular formula is C16H22N6O2S. The van der Waals surface area contributed by atoms with Crippen molar-refractivity contribution in [3.63, 3.8) is 0 Å². The number of rotatable bonds is 5. The van der Waals surface area contributed by atoms with Gasteiger partial charge in [0.15, 0.2) is 16.6 Å². The van der Waals surface area contributed by atoms with Crippen molar-refractivity contribution in [2.75, 3.05) is 25.2 Å². The number of fused-ring (bicyclic) bond motifs is 1. The minimum atomic E-state index is 0.0892. The standard InChI is InChI=1S/C16H22N6O2S/c1-10-13-14(21(2)19-10)18-16(25-13)22-8-5-4-6-11(22)15-17-12(20-24-15)7-9-23-3/h11H,4-9H2,1-3H3. The molecule has 0 aliphatic carbocycles. The zero-order valence-corrected chi connectivity index (χ0v) is 15.5. The van der Waals surface area contributed by atoms with Crippen LogP contribution in [0, 0.1) is 6.92 Å². The summed E-state index contributed by atoms with van der Waals surface area (Å²) in [6, 6.07) is 0.0892. The maximum atomic E-state index is 5.56. The third kappa shape index (κ3) is 3.02. The summed E-state index contributed by atoms with van der Waals surface area (Å²) in [7, 11) is 3.61. The second-order valence-electron chi connectivity index (χ2n) is 6.35. The van der Waals surface area contributed by atoms with Crippen molar-refractivity contribution < 1.29 is 9.26 Å². The number of hydrogen-bond donors (Lipinski definition) is 0. The second-order valence-corrected chi connectivity index (χ2v) is 7.33. The van der Waals surface area contributed by atoms with Crippen LogP contribution >= 0.6 is 11.3 Å². The summed E-state index contributed by atoms with van der Waals surface area (Å²) in [6.45, 7) is 3.57. The third-order valence-corrected chi connectivity index (χ3v) is 5.77. The van der Waals surface area contributed by atoms with Gasteiger partial charge in [-0.2, -0.15) is 10.1 Å². The quantitative estimate of drug-likeness (QED) is 0.690. The molecule has 3 aromatic rings. The molecule has 1 atom stereocenters. The smallest absolute Gasteiger partial charge is 0.249 e. The molecule has 0 N–H and O–H groups in total. The average Bonchev–Trinajstić information content (AvgIpc) is 3.31. The fourth-order valence-corrected chi connectivity index (χ4v) is 4.42. The molecule has 0 amide bonds. The number of ether oxygens (including phenoxy) is 1. The number of aryl methyl sites for hydroxylation is 2. The molecule has 1 unspecified atom stereocenters. The van der Waals surface area contributed by atoms with Crippen molar-refractivity contribution >= 4 is 26.8 Å². The Morgan fingerprint density at radius 2 is 2.20 bits per heavy atom. The first-order chi connectivity index (χ1) is 12.2. The van der Waals surface area contributed by atoms with E-state index in [0.29, 0.717) is 24.7 Å². The number of aromatic nitrogens is 5. The van der Waals surface area contributed by atoms with Crippen molar-refractivity contribution in [2.24, 2.45) is 7.05 Å². The van der Waals surface area contributed by atoms with E-state index in [-0.39, 0.29) is 6.04 Å². The summed E-state index contributed by atoms with van der Waals surface area (Å²) >= 11 is 1.69. The molecule has 9 heteroatoms. The summed E-state index contributed by atoms with van der Waals surface area (Å²) in [4.78, 5) is 11.7. The Morgan fingerprint density at radius 1 is 1.32 bits per heavy atom. The predicted octanol–water partition coefficient (Wildman–Crippen LogP) is 2.64. The molecule has 3 aromatic heterocycles. The molecule has 1 aliphatic rings. The lowest BCUT2D eigenvalue weighted by Gasteiger charge is -2.33. The number of thiazole rings is 1. The average molecular weight is 362 g/mol. The molecule has 8 nitrogen and oxygen atoms in total. The summed E-state index contributed by atoms with van der Waals surface area (Å²) in [5, 5.41) is 9.54. The molecule has 25 heavy (non-hydrogen) atoms. The van der Waals surface area contributed by atoms with Gasteiger partial charge in [-0.1, -0.05) is 16.5 Å². The highest BCUT2D eigenvalue weighted by atomic mass is 32.1. The van der Waals surface area contributed by atoms with Crippen molar-refractivity contribution in [3.8, 4) is 0 Å². The van der Waals surface area contributed by atoms with Crippen molar-refractivity contribution in [3.05, 3.63) is 17.4 Å². The molecular weight excluding hydrogens is 340 g/mol. The normalized spacial score (nSPS) is 18.4. The van der Waals surface area contributed by atoms with Crippen LogP contribution in [-0.4, -0.2) is 45.2 Å². The van der Waals surface area contributed by atoms with E-state index in [0.717, 1.165) is 47.0 Å². The van der Waals surface area contributed by atoms with Gasteiger partial charge in [0.1, 0.15) is 6.04 Å². The predicted molar refractivity (Wildman–Crippen MR) is 94.9 cm³/mol. The largest absolute Gasteiger partial charge is 0.384 e. The Labute approximate surface area is 149 Å². The fraction of sp³-hybridized carbons (Fsp3) is 0.625. The molecule has 1 saturated heterocycles. The van der Waals surface area contributed by atoms with Crippen molar-refractivity contribution in [1.29, 1.82) is 0 Å². The lowest BCUT2D eigenvalue weighted by atomic mass is 10.0. The molecule has 0 aromatic carbocycles. The van der Waals surface area contributed by atoms with E-state index in [2.05, 4.69) is 20.1 Å². The van der Waals surface area contributed by atoms with Crippen LogP contribution in [0.15, 0.2) is 4.52 Å². The van der Waals surface area contributed by atoms with Crippen LogP contribution < -0.4 is 4.90 Å². The van der Waals surface area contributed by atoms with Crippen LogP contribution in [0.25, 0.3) is 10.3 Å². The maximum absolute atomic E-state index is 5.56. The van der Waals surface area contributed by atoms with Gasteiger partial charge >= 0.3 is 0 Å². The Kier molecular flexibility index (Phi) is 4.43. The zero-order valence-electron chi connectivity index (χ0n) is 14.7. The van der Waals surface area contributed by atoms with Gasteiger partial charge < -0.3 is 14.2 Å². The molecule has 0 bridgehead atoms. The fourth-order valence-electron chi connectivity index (χ4n) is 3.31. The highest BCUT2D eigenvalue weighted by Crippen LogP contribution is 2.38. The molecule has 4 rings (SSSR count). The van der Waals surface area contributed by atoms with Crippen LogP contribution in [0.2, 0.25) is 0 Å². The van der Waals surface area contributed by atoms with Crippen LogP contribution in [0.3, 0.4) is 0 Å². The molecule has 0 radical (unpaired) electrons. The van der Waals surface area contributed by atoms with E-state index in [1.807, 2.05) is 18.7 Å². The first-order valence-corrected chi connectivity index (χ1v) is 9.37. The Bertz CT molecular complexity index is 835. The Hall–Kier alpha value is -2.00. The van der Waals surface area contributed by atoms with Crippen LogP contribution in [0.4, 0.5) is 5.13 Å². The van der Waals surface area contributed by atoms with Crippen LogP contribution in [0.1, 0.15) is 42.7 Å². The number of methoxy groups -OCH3 is 1. The minimum absolute atomic E-state index is 0.0892. The number of piperidine rings is 1. The highest BCUT2D eigenvalue weighted by Gasteiger charge is 2.31. The van der Waals surface area contributed by atoms with Gasteiger partial charge in [-0.3, -0.25) is 0 Å². The zero-order chi connectivity index (χ0) is 17.4. The Morgan fingerprint density at radius 3 is 3.00 bits per heavy atom. The molecule has 0 saturated carbocycles.